The van der Waals surface area contributed by atoms with E-state index < -0.39 is 11.8 Å². The lowest BCUT2D eigenvalue weighted by atomic mass is 9.95. The standard InChI is InChI=1S/C11H10F2O/c12-10(13)11(4-5-11)9-3-1-2-8(6-9)7-14/h1-3,6-7,10H,4-5H2. The number of halogens is 2. The Bertz CT molecular complexity index is 356. The average Bonchev–Trinajstić information content (AvgIpc) is 2.98. The van der Waals surface area contributed by atoms with E-state index in [0.717, 1.165) is 0 Å². The van der Waals surface area contributed by atoms with Crippen LogP contribution in [-0.2, 0) is 5.41 Å². The first-order valence-corrected chi connectivity index (χ1v) is 4.53. The fourth-order valence-electron chi connectivity index (χ4n) is 1.69. The van der Waals surface area contributed by atoms with Gasteiger partial charge >= 0.3 is 0 Å². The molecule has 1 fully saturated rings. The molecule has 2 rings (SSSR count). The van der Waals surface area contributed by atoms with Crippen molar-refractivity contribution in [2.24, 2.45) is 0 Å². The van der Waals surface area contributed by atoms with Crippen molar-refractivity contribution in [2.45, 2.75) is 24.7 Å². The second kappa shape index (κ2) is 3.15. The van der Waals surface area contributed by atoms with Crippen LogP contribution in [0.1, 0.15) is 28.8 Å². The van der Waals surface area contributed by atoms with Gasteiger partial charge in [-0.15, -0.1) is 0 Å². The number of carbonyl (C=O) groups is 1. The number of carbonyl (C=O) groups excluding carboxylic acids is 1. The van der Waals surface area contributed by atoms with Crippen LogP contribution in [0.25, 0.3) is 0 Å². The van der Waals surface area contributed by atoms with E-state index in [1.165, 1.54) is 0 Å². The molecule has 0 bridgehead atoms. The maximum Gasteiger partial charge on any atom is 0.248 e. The maximum atomic E-state index is 12.7. The number of alkyl halides is 2. The lowest BCUT2D eigenvalue weighted by Crippen LogP contribution is -2.17. The van der Waals surface area contributed by atoms with E-state index in [9.17, 15) is 13.6 Å². The molecule has 0 heterocycles. The molecule has 1 aliphatic carbocycles. The van der Waals surface area contributed by atoms with Gasteiger partial charge < -0.3 is 0 Å². The van der Waals surface area contributed by atoms with Crippen molar-refractivity contribution in [3.05, 3.63) is 35.4 Å². The second-order valence-electron chi connectivity index (χ2n) is 3.70. The molecular formula is C11H10F2O. The minimum Gasteiger partial charge on any atom is -0.298 e. The molecule has 1 saturated carbocycles. The lowest BCUT2D eigenvalue weighted by Gasteiger charge is -2.14. The van der Waals surface area contributed by atoms with Crippen LogP contribution in [0.4, 0.5) is 8.78 Å². The van der Waals surface area contributed by atoms with E-state index in [4.69, 9.17) is 0 Å². The molecule has 0 unspecified atom stereocenters. The smallest absolute Gasteiger partial charge is 0.248 e. The number of hydrogen-bond acceptors (Lipinski definition) is 1. The second-order valence-corrected chi connectivity index (χ2v) is 3.70. The van der Waals surface area contributed by atoms with E-state index in [-0.39, 0.29) is 0 Å². The van der Waals surface area contributed by atoms with Crippen LogP contribution in [0, 0.1) is 0 Å². The molecule has 3 heteroatoms. The monoisotopic (exact) mass is 196 g/mol. The Balaban J connectivity index is 2.37. The zero-order valence-corrected chi connectivity index (χ0v) is 7.54. The van der Waals surface area contributed by atoms with Gasteiger partial charge in [0.1, 0.15) is 6.29 Å². The summed E-state index contributed by atoms with van der Waals surface area (Å²) in [7, 11) is 0. The zero-order chi connectivity index (χ0) is 10.2. The minimum atomic E-state index is -2.33. The van der Waals surface area contributed by atoms with Crippen LogP contribution in [0.3, 0.4) is 0 Å². The highest BCUT2D eigenvalue weighted by Crippen LogP contribution is 2.52. The highest BCUT2D eigenvalue weighted by atomic mass is 19.3. The molecular weight excluding hydrogens is 186 g/mol. The summed E-state index contributed by atoms with van der Waals surface area (Å²) in [4.78, 5) is 10.5. The summed E-state index contributed by atoms with van der Waals surface area (Å²) in [6.45, 7) is 0. The van der Waals surface area contributed by atoms with Gasteiger partial charge in [0, 0.05) is 5.56 Å². The van der Waals surface area contributed by atoms with Gasteiger partial charge in [-0.05, 0) is 24.5 Å². The van der Waals surface area contributed by atoms with Crippen molar-refractivity contribution in [2.75, 3.05) is 0 Å². The van der Waals surface area contributed by atoms with Crippen molar-refractivity contribution >= 4 is 6.29 Å². The summed E-state index contributed by atoms with van der Waals surface area (Å²) in [5.74, 6) is 0. The number of rotatable bonds is 3. The van der Waals surface area contributed by atoms with Gasteiger partial charge in [0.05, 0.1) is 5.41 Å². The summed E-state index contributed by atoms with van der Waals surface area (Å²) >= 11 is 0. The Hall–Kier alpha value is -1.25. The molecule has 0 spiro atoms. The Morgan fingerprint density at radius 3 is 2.57 bits per heavy atom. The molecule has 14 heavy (non-hydrogen) atoms. The fraction of sp³-hybridized carbons (Fsp3) is 0.364. The number of hydrogen-bond donors (Lipinski definition) is 0. The fourth-order valence-corrected chi connectivity index (χ4v) is 1.69. The third-order valence-electron chi connectivity index (χ3n) is 2.80. The molecule has 1 aromatic rings. The predicted octanol–water partition coefficient (Wildman–Crippen LogP) is 2.80. The van der Waals surface area contributed by atoms with E-state index in [1.807, 2.05) is 0 Å². The summed E-state index contributed by atoms with van der Waals surface area (Å²) in [5.41, 5.74) is 0.102. The van der Waals surface area contributed by atoms with Crippen molar-refractivity contribution in [1.29, 1.82) is 0 Å². The van der Waals surface area contributed by atoms with Crippen molar-refractivity contribution in [3.63, 3.8) is 0 Å². The van der Waals surface area contributed by atoms with Crippen LogP contribution in [-0.4, -0.2) is 12.7 Å². The molecule has 0 aliphatic heterocycles. The average molecular weight is 196 g/mol. The molecule has 0 atom stereocenters. The molecule has 0 radical (unpaired) electrons. The quantitative estimate of drug-likeness (QED) is 0.679. The number of aldehydes is 1. The molecule has 0 amide bonds. The molecule has 0 N–H and O–H groups in total. The van der Waals surface area contributed by atoms with Gasteiger partial charge in [-0.1, -0.05) is 18.2 Å². The summed E-state index contributed by atoms with van der Waals surface area (Å²) < 4.78 is 25.4. The van der Waals surface area contributed by atoms with Crippen molar-refractivity contribution in [3.8, 4) is 0 Å². The SMILES string of the molecule is O=Cc1cccc(C2(C(F)F)CC2)c1. The third kappa shape index (κ3) is 1.33. The minimum absolute atomic E-state index is 0.467. The maximum absolute atomic E-state index is 12.7. The van der Waals surface area contributed by atoms with Gasteiger partial charge in [-0.25, -0.2) is 8.78 Å². The third-order valence-corrected chi connectivity index (χ3v) is 2.80. The molecule has 0 saturated heterocycles. The zero-order valence-electron chi connectivity index (χ0n) is 7.54. The lowest BCUT2D eigenvalue weighted by molar-refractivity contribution is 0.101. The molecule has 74 valence electrons. The van der Waals surface area contributed by atoms with Crippen LogP contribution in [0.15, 0.2) is 24.3 Å². The Kier molecular flexibility index (Phi) is 2.10. The first-order valence-electron chi connectivity index (χ1n) is 4.53. The van der Waals surface area contributed by atoms with Crippen LogP contribution < -0.4 is 0 Å². The topological polar surface area (TPSA) is 17.1 Å². The van der Waals surface area contributed by atoms with Gasteiger partial charge in [0.2, 0.25) is 6.43 Å². The van der Waals surface area contributed by atoms with Crippen LogP contribution in [0.2, 0.25) is 0 Å². The Morgan fingerprint density at radius 2 is 2.07 bits per heavy atom. The summed E-state index contributed by atoms with van der Waals surface area (Å²) in [5, 5.41) is 0. The van der Waals surface area contributed by atoms with Crippen LogP contribution >= 0.6 is 0 Å². The summed E-state index contributed by atoms with van der Waals surface area (Å²) in [6.07, 6.45) is -0.602. The van der Waals surface area contributed by atoms with Crippen molar-refractivity contribution < 1.29 is 13.6 Å². The van der Waals surface area contributed by atoms with E-state index in [1.54, 1.807) is 24.3 Å². The molecule has 1 aliphatic rings. The van der Waals surface area contributed by atoms with Crippen molar-refractivity contribution in [1.82, 2.24) is 0 Å². The molecule has 0 aromatic heterocycles. The largest absolute Gasteiger partial charge is 0.298 e. The van der Waals surface area contributed by atoms with Crippen LogP contribution in [0.5, 0.6) is 0 Å². The first kappa shape index (κ1) is 9.31. The van der Waals surface area contributed by atoms with Gasteiger partial charge in [0.25, 0.3) is 0 Å². The predicted molar refractivity (Wildman–Crippen MR) is 48.7 cm³/mol. The highest BCUT2D eigenvalue weighted by Gasteiger charge is 2.52. The van der Waals surface area contributed by atoms with Gasteiger partial charge in [-0.3, -0.25) is 4.79 Å². The Labute approximate surface area is 80.7 Å². The van der Waals surface area contributed by atoms with Gasteiger partial charge in [0.15, 0.2) is 0 Å². The normalized spacial score (nSPS) is 18.2. The number of benzene rings is 1. The van der Waals surface area contributed by atoms with Gasteiger partial charge in [-0.2, -0.15) is 0 Å². The summed E-state index contributed by atoms with van der Waals surface area (Å²) in [6, 6.07) is 6.51. The molecule has 1 aromatic carbocycles. The van der Waals surface area contributed by atoms with E-state index in [2.05, 4.69) is 0 Å². The van der Waals surface area contributed by atoms with E-state index in [0.29, 0.717) is 30.3 Å². The Morgan fingerprint density at radius 1 is 1.36 bits per heavy atom. The first-order chi connectivity index (χ1) is 6.69. The highest BCUT2D eigenvalue weighted by molar-refractivity contribution is 5.75. The van der Waals surface area contributed by atoms with E-state index >= 15 is 0 Å². The molecule has 1 nitrogen and oxygen atoms in total.